The molecule has 7 heteroatoms. The first-order valence-electron chi connectivity index (χ1n) is 21.6. The molecule has 2 aromatic carbocycles. The lowest BCUT2D eigenvalue weighted by atomic mass is 9.96. The zero-order valence-electron chi connectivity index (χ0n) is 34.4. The number of rotatable bonds is 16. The van der Waals surface area contributed by atoms with Gasteiger partial charge < -0.3 is 28.1 Å². The molecule has 300 valence electrons. The molecule has 7 rings (SSSR count). The summed E-state index contributed by atoms with van der Waals surface area (Å²) in [7, 11) is -2.60. The zero-order valence-corrected chi connectivity index (χ0v) is 35.4. The van der Waals surface area contributed by atoms with Gasteiger partial charge in [-0.15, -0.1) is 0 Å². The van der Waals surface area contributed by atoms with Crippen LogP contribution in [-0.2, 0) is 28.1 Å². The van der Waals surface area contributed by atoms with Gasteiger partial charge in [-0.1, -0.05) is 144 Å². The molecule has 5 fully saturated rings. The topological polar surface area (TPSA) is 55.4 Å². The second kappa shape index (κ2) is 18.5. The second-order valence-corrected chi connectivity index (χ2v) is 22.5. The van der Waals surface area contributed by atoms with Crippen molar-refractivity contribution in [2.24, 2.45) is 5.92 Å². The van der Waals surface area contributed by atoms with Gasteiger partial charge in [-0.3, -0.25) is 0 Å². The van der Waals surface area contributed by atoms with Crippen molar-refractivity contribution in [2.75, 3.05) is 6.61 Å². The van der Waals surface area contributed by atoms with E-state index in [9.17, 15) is 0 Å². The molecule has 0 amide bonds. The molecule has 0 N–H and O–H groups in total. The molecule has 0 aliphatic carbocycles. The third-order valence-electron chi connectivity index (χ3n) is 12.8. The van der Waals surface area contributed by atoms with Crippen molar-refractivity contribution < 1.29 is 28.1 Å². The second-order valence-electron chi connectivity index (χ2n) is 18.2. The summed E-state index contributed by atoms with van der Waals surface area (Å²) in [4.78, 5) is 0. The summed E-state index contributed by atoms with van der Waals surface area (Å²) in [5, 5.41) is 2.57. The Labute approximate surface area is 333 Å². The molecule has 6 nitrogen and oxygen atoms in total. The molecule has 0 radical (unpaired) electrons. The maximum Gasteiger partial charge on any atom is 0.261 e. The molecule has 5 saturated heterocycles. The average Bonchev–Trinajstić information content (AvgIpc) is 3.97. The van der Waals surface area contributed by atoms with E-state index in [4.69, 9.17) is 28.1 Å². The predicted molar refractivity (Wildman–Crippen MR) is 225 cm³/mol. The Morgan fingerprint density at radius 2 is 1.35 bits per heavy atom. The number of hydrogen-bond acceptors (Lipinski definition) is 6. The first-order chi connectivity index (χ1) is 26.6. The van der Waals surface area contributed by atoms with E-state index >= 15 is 0 Å². The molecule has 5 aliphatic heterocycles. The van der Waals surface area contributed by atoms with Gasteiger partial charge in [0.2, 0.25) is 0 Å². The van der Waals surface area contributed by atoms with E-state index in [0.29, 0.717) is 12.5 Å². The van der Waals surface area contributed by atoms with Gasteiger partial charge in [0.1, 0.15) is 0 Å². The third kappa shape index (κ3) is 9.85. The smallest absolute Gasteiger partial charge is 0.261 e. The van der Waals surface area contributed by atoms with Crippen LogP contribution in [0.1, 0.15) is 112 Å². The lowest BCUT2D eigenvalue weighted by molar-refractivity contribution is -0.0323. The van der Waals surface area contributed by atoms with Crippen LogP contribution >= 0.6 is 0 Å². The van der Waals surface area contributed by atoms with Crippen LogP contribution in [0.5, 0.6) is 0 Å². The fourth-order valence-electron chi connectivity index (χ4n) is 10.0. The molecule has 0 spiro atoms. The molecule has 0 aromatic heterocycles. The fraction of sp³-hybridized carbons (Fsp3) is 0.625. The largest absolute Gasteiger partial charge is 0.405 e. The monoisotopic (exact) mass is 768 g/mol. The van der Waals surface area contributed by atoms with E-state index in [0.717, 1.165) is 51.4 Å². The minimum absolute atomic E-state index is 0.0498. The van der Waals surface area contributed by atoms with E-state index in [1.165, 1.54) is 35.2 Å². The van der Waals surface area contributed by atoms with Gasteiger partial charge >= 0.3 is 0 Å². The van der Waals surface area contributed by atoms with E-state index in [1.54, 1.807) is 0 Å². The van der Waals surface area contributed by atoms with Gasteiger partial charge in [0, 0.05) is 32.1 Å². The molecular formula is C48H68O6Si. The number of fused-ring (bicyclic) bond motifs is 2. The Kier molecular flexibility index (Phi) is 13.7. The van der Waals surface area contributed by atoms with Gasteiger partial charge in [0.05, 0.1) is 67.6 Å². The van der Waals surface area contributed by atoms with Crippen LogP contribution in [0.2, 0.25) is 5.04 Å². The lowest BCUT2D eigenvalue weighted by Crippen LogP contribution is -2.67. The van der Waals surface area contributed by atoms with Crippen LogP contribution in [0, 0.1) is 5.92 Å². The highest BCUT2D eigenvalue weighted by Gasteiger charge is 2.51. The van der Waals surface area contributed by atoms with Crippen LogP contribution in [0.25, 0.3) is 0 Å². The predicted octanol–water partition coefficient (Wildman–Crippen LogP) is 9.41. The van der Waals surface area contributed by atoms with Gasteiger partial charge in [0.15, 0.2) is 0 Å². The average molecular weight is 769 g/mol. The van der Waals surface area contributed by atoms with E-state index in [-0.39, 0.29) is 66.1 Å². The summed E-state index contributed by atoms with van der Waals surface area (Å²) in [6, 6.07) is 21.8. The third-order valence-corrected chi connectivity index (χ3v) is 17.8. The summed E-state index contributed by atoms with van der Waals surface area (Å²) in [6.45, 7) is 14.4. The Hall–Kier alpha value is -2.36. The van der Waals surface area contributed by atoms with Crippen LogP contribution in [0.15, 0.2) is 96.6 Å². The molecule has 0 unspecified atom stereocenters. The van der Waals surface area contributed by atoms with Crippen molar-refractivity contribution >= 4 is 18.7 Å². The quantitative estimate of drug-likeness (QED) is 0.0735. The van der Waals surface area contributed by atoms with Gasteiger partial charge in [0.25, 0.3) is 8.32 Å². The highest BCUT2D eigenvalue weighted by atomic mass is 28.4. The van der Waals surface area contributed by atoms with Crippen molar-refractivity contribution in [3.8, 4) is 0 Å². The number of ether oxygens (including phenoxy) is 5. The van der Waals surface area contributed by atoms with Crippen molar-refractivity contribution in [1.29, 1.82) is 0 Å². The standard InChI is InChI=1S/C48H68O6Si/c1-7-8-9-10-13-20-36-28-44-45(50-36)29-37(51-44)21-18-19-34(2)26-38-31-46-47(52-38)32-39(53-46)30-43-35(3)27-40(54-43)33-49-55(48(4,5)6,41-22-14-11-15-23-41)42-24-16-12-17-25-42/h11-20,22-26,35-40,43-47H,7-10,21,27-33H2,1-6H3/b19-18+,20-13+,34-26+/t35-,36-,37-,38+,39+,40+,43-,44-,45-,46+,47+/m0/s1. The summed E-state index contributed by atoms with van der Waals surface area (Å²) < 4.78 is 39.9. The molecule has 11 atom stereocenters. The Balaban J connectivity index is 0.840. The minimum atomic E-state index is -2.60. The Morgan fingerprint density at radius 1 is 0.727 bits per heavy atom. The van der Waals surface area contributed by atoms with Crippen molar-refractivity contribution in [1.82, 2.24) is 0 Å². The summed E-state index contributed by atoms with van der Waals surface area (Å²) in [5.41, 5.74) is 1.24. The molecule has 55 heavy (non-hydrogen) atoms. The van der Waals surface area contributed by atoms with Gasteiger partial charge in [-0.2, -0.15) is 0 Å². The van der Waals surface area contributed by atoms with Gasteiger partial charge in [-0.25, -0.2) is 0 Å². The molecule has 0 bridgehead atoms. The van der Waals surface area contributed by atoms with Crippen LogP contribution < -0.4 is 10.4 Å². The van der Waals surface area contributed by atoms with Crippen LogP contribution in [-0.4, -0.2) is 76.0 Å². The Bertz CT molecular complexity index is 1520. The minimum Gasteiger partial charge on any atom is -0.405 e. The summed E-state index contributed by atoms with van der Waals surface area (Å²) >= 11 is 0. The SMILES string of the molecule is CCCCC/C=C/[C@H]1C[C@@H]2O[C@@H](C/C=C/C(C)=C/[C@@H]3C[C@H]4O[C@H](C[C@@H]5O[C@@H](CO[Si](c6ccccc6)(c6ccccc6)C(C)(C)C)C[C@@H]5C)C[C@H]4O3)C[C@@H]2O1. The molecule has 2 aromatic rings. The van der Waals surface area contributed by atoms with Crippen molar-refractivity contribution in [2.45, 2.75) is 178 Å². The van der Waals surface area contributed by atoms with E-state index in [2.05, 4.69) is 133 Å². The maximum atomic E-state index is 7.25. The van der Waals surface area contributed by atoms with Crippen molar-refractivity contribution in [3.05, 3.63) is 96.6 Å². The summed E-state index contributed by atoms with van der Waals surface area (Å²) in [6.07, 6.45) is 24.9. The Morgan fingerprint density at radius 3 is 2.00 bits per heavy atom. The van der Waals surface area contributed by atoms with Crippen molar-refractivity contribution in [3.63, 3.8) is 0 Å². The lowest BCUT2D eigenvalue weighted by Gasteiger charge is -2.43. The number of allylic oxidation sites excluding steroid dienone is 3. The molecular weight excluding hydrogens is 701 g/mol. The molecule has 0 saturated carbocycles. The number of benzene rings is 2. The summed E-state index contributed by atoms with van der Waals surface area (Å²) in [5.74, 6) is 0.462. The first-order valence-corrected chi connectivity index (χ1v) is 23.6. The van der Waals surface area contributed by atoms with Crippen LogP contribution in [0.4, 0.5) is 0 Å². The molecule has 5 heterocycles. The van der Waals surface area contributed by atoms with E-state index in [1.807, 2.05) is 0 Å². The van der Waals surface area contributed by atoms with Gasteiger partial charge in [-0.05, 0) is 53.9 Å². The maximum absolute atomic E-state index is 7.25. The highest BCUT2D eigenvalue weighted by Crippen LogP contribution is 2.41. The van der Waals surface area contributed by atoms with Crippen LogP contribution in [0.3, 0.4) is 0 Å². The molecule has 5 aliphatic rings. The zero-order chi connectivity index (χ0) is 38.4. The first kappa shape index (κ1) is 40.8. The number of unbranched alkanes of at least 4 members (excludes halogenated alkanes) is 3. The highest BCUT2D eigenvalue weighted by molar-refractivity contribution is 6.99. The fourth-order valence-corrected chi connectivity index (χ4v) is 14.6. The normalized spacial score (nSPS) is 34.0. The number of hydrogen-bond donors (Lipinski definition) is 0. The van der Waals surface area contributed by atoms with E-state index < -0.39 is 8.32 Å².